The van der Waals surface area contributed by atoms with Gasteiger partial charge in [0.2, 0.25) is 0 Å². The molecule has 0 amide bonds. The van der Waals surface area contributed by atoms with Gasteiger partial charge < -0.3 is 10.1 Å². The van der Waals surface area contributed by atoms with Crippen molar-refractivity contribution in [2.45, 2.75) is 37.5 Å². The number of hydrogen-bond donors (Lipinski definition) is 1. The lowest BCUT2D eigenvalue weighted by molar-refractivity contribution is -0.0703. The Labute approximate surface area is 145 Å². The van der Waals surface area contributed by atoms with Crippen molar-refractivity contribution in [2.75, 3.05) is 18.1 Å². The van der Waals surface area contributed by atoms with Crippen LogP contribution in [0.3, 0.4) is 0 Å². The van der Waals surface area contributed by atoms with Gasteiger partial charge in [-0.1, -0.05) is 0 Å². The van der Waals surface area contributed by atoms with Crippen LogP contribution in [-0.4, -0.2) is 39.5 Å². The first-order valence-corrected chi connectivity index (χ1v) is 9.64. The van der Waals surface area contributed by atoms with Gasteiger partial charge >= 0.3 is 0 Å². The zero-order chi connectivity index (χ0) is 16.4. The Morgan fingerprint density at radius 2 is 2.21 bits per heavy atom. The van der Waals surface area contributed by atoms with Gasteiger partial charge in [0.1, 0.15) is 5.82 Å². The van der Waals surface area contributed by atoms with Crippen molar-refractivity contribution >= 4 is 11.8 Å². The average molecular weight is 347 g/mol. The van der Waals surface area contributed by atoms with E-state index in [9.17, 15) is 4.39 Å². The van der Waals surface area contributed by atoms with Crippen LogP contribution < -0.4 is 5.32 Å². The Hall–Kier alpha value is -1.37. The topological polar surface area (TPSA) is 39.1 Å². The molecule has 3 heterocycles. The fourth-order valence-corrected chi connectivity index (χ4v) is 4.97. The Bertz CT molecular complexity index is 682. The molecule has 2 aliphatic rings. The number of aromatic nitrogens is 2. The van der Waals surface area contributed by atoms with Gasteiger partial charge in [-0.2, -0.15) is 16.9 Å². The van der Waals surface area contributed by atoms with Gasteiger partial charge in [-0.3, -0.25) is 0 Å². The standard InChI is InChI=1S/C18H22FN3OS/c19-14-1-3-16(4-2-14)22-17(5-8-21-22)12-20-15-6-9-23-18(11-15)7-10-24-13-18/h1-5,8,15,20H,6-7,9-13H2/t15-,18-/m1/s1. The molecule has 2 aromatic rings. The third kappa shape index (κ3) is 3.36. The maximum absolute atomic E-state index is 13.1. The monoisotopic (exact) mass is 347 g/mol. The molecule has 1 aromatic carbocycles. The summed E-state index contributed by atoms with van der Waals surface area (Å²) >= 11 is 2.00. The van der Waals surface area contributed by atoms with Crippen LogP contribution in [0.4, 0.5) is 4.39 Å². The fraction of sp³-hybridized carbons (Fsp3) is 0.500. The molecule has 0 radical (unpaired) electrons. The average Bonchev–Trinajstić information content (AvgIpc) is 3.24. The smallest absolute Gasteiger partial charge is 0.123 e. The second-order valence-corrected chi connectivity index (χ2v) is 7.72. The highest BCUT2D eigenvalue weighted by molar-refractivity contribution is 7.99. The summed E-state index contributed by atoms with van der Waals surface area (Å²) in [5, 5.41) is 8.05. The second kappa shape index (κ2) is 6.86. The van der Waals surface area contributed by atoms with E-state index in [0.717, 1.165) is 43.1 Å². The number of thioether (sulfide) groups is 1. The lowest BCUT2D eigenvalue weighted by atomic mass is 9.90. The fourth-order valence-electron chi connectivity index (χ4n) is 3.59. The summed E-state index contributed by atoms with van der Waals surface area (Å²) in [4.78, 5) is 0. The normalized spacial score (nSPS) is 27.0. The highest BCUT2D eigenvalue weighted by atomic mass is 32.2. The lowest BCUT2D eigenvalue weighted by Crippen LogP contribution is -2.47. The summed E-state index contributed by atoms with van der Waals surface area (Å²) in [6.07, 6.45) is 5.10. The van der Waals surface area contributed by atoms with Crippen LogP contribution in [0.2, 0.25) is 0 Å². The van der Waals surface area contributed by atoms with Gasteiger partial charge in [-0.05, 0) is 55.3 Å². The van der Waals surface area contributed by atoms with Crippen LogP contribution >= 0.6 is 11.8 Å². The van der Waals surface area contributed by atoms with Gasteiger partial charge in [0.05, 0.1) is 17.0 Å². The summed E-state index contributed by atoms with van der Waals surface area (Å²) < 4.78 is 21.1. The molecule has 0 aliphatic carbocycles. The molecule has 0 saturated carbocycles. The number of ether oxygens (including phenoxy) is 1. The summed E-state index contributed by atoms with van der Waals surface area (Å²) in [6, 6.07) is 8.93. The first-order chi connectivity index (χ1) is 11.7. The molecule has 1 N–H and O–H groups in total. The highest BCUT2D eigenvalue weighted by Crippen LogP contribution is 2.38. The molecule has 0 unspecified atom stereocenters. The summed E-state index contributed by atoms with van der Waals surface area (Å²) in [5.74, 6) is 2.11. The van der Waals surface area contributed by atoms with Crippen molar-refractivity contribution in [3.05, 3.63) is 48.0 Å². The molecule has 2 atom stereocenters. The van der Waals surface area contributed by atoms with Gasteiger partial charge in [0, 0.05) is 31.1 Å². The van der Waals surface area contributed by atoms with E-state index in [1.165, 1.54) is 24.3 Å². The number of hydrogen-bond acceptors (Lipinski definition) is 4. The van der Waals surface area contributed by atoms with Crippen molar-refractivity contribution in [3.8, 4) is 5.69 Å². The molecule has 2 fully saturated rings. The third-order valence-corrected chi connectivity index (χ3v) is 6.15. The molecule has 1 spiro atoms. The Kier molecular flexibility index (Phi) is 4.61. The van der Waals surface area contributed by atoms with Crippen molar-refractivity contribution < 1.29 is 9.13 Å². The first-order valence-electron chi connectivity index (χ1n) is 8.48. The maximum Gasteiger partial charge on any atom is 0.123 e. The molecule has 128 valence electrons. The molecular weight excluding hydrogens is 325 g/mol. The highest BCUT2D eigenvalue weighted by Gasteiger charge is 2.40. The van der Waals surface area contributed by atoms with E-state index >= 15 is 0 Å². The van der Waals surface area contributed by atoms with E-state index in [-0.39, 0.29) is 11.4 Å². The van der Waals surface area contributed by atoms with E-state index in [0.29, 0.717) is 6.04 Å². The largest absolute Gasteiger partial charge is 0.374 e. The molecule has 2 saturated heterocycles. The summed E-state index contributed by atoms with van der Waals surface area (Å²) in [7, 11) is 0. The van der Waals surface area contributed by atoms with Crippen LogP contribution in [0.5, 0.6) is 0 Å². The maximum atomic E-state index is 13.1. The zero-order valence-electron chi connectivity index (χ0n) is 13.6. The SMILES string of the molecule is Fc1ccc(-n2nccc2CN[C@@H]2CCO[C@]3(CCSC3)C2)cc1. The number of halogens is 1. The van der Waals surface area contributed by atoms with E-state index in [4.69, 9.17) is 4.74 Å². The molecule has 4 rings (SSSR count). The predicted molar refractivity (Wildman–Crippen MR) is 94.0 cm³/mol. The molecule has 2 aliphatic heterocycles. The minimum absolute atomic E-state index is 0.0950. The molecule has 0 bridgehead atoms. The Morgan fingerprint density at radius 3 is 3.00 bits per heavy atom. The first kappa shape index (κ1) is 16.1. The lowest BCUT2D eigenvalue weighted by Gasteiger charge is -2.38. The molecule has 24 heavy (non-hydrogen) atoms. The zero-order valence-corrected chi connectivity index (χ0v) is 14.4. The number of benzene rings is 1. The second-order valence-electron chi connectivity index (χ2n) is 6.62. The van der Waals surface area contributed by atoms with Crippen LogP contribution in [0.15, 0.2) is 36.5 Å². The van der Waals surface area contributed by atoms with E-state index < -0.39 is 0 Å². The summed E-state index contributed by atoms with van der Waals surface area (Å²) in [5.41, 5.74) is 2.06. The number of rotatable bonds is 4. The van der Waals surface area contributed by atoms with Gasteiger partial charge in [-0.15, -0.1) is 0 Å². The van der Waals surface area contributed by atoms with Crippen molar-refractivity contribution in [1.82, 2.24) is 15.1 Å². The summed E-state index contributed by atoms with van der Waals surface area (Å²) in [6.45, 7) is 1.60. The minimum atomic E-state index is -0.229. The quantitative estimate of drug-likeness (QED) is 0.922. The number of nitrogens with one attached hydrogen (secondary N) is 1. The van der Waals surface area contributed by atoms with E-state index in [2.05, 4.69) is 10.4 Å². The Morgan fingerprint density at radius 1 is 1.33 bits per heavy atom. The van der Waals surface area contributed by atoms with Crippen molar-refractivity contribution in [3.63, 3.8) is 0 Å². The van der Waals surface area contributed by atoms with Crippen LogP contribution in [-0.2, 0) is 11.3 Å². The minimum Gasteiger partial charge on any atom is -0.374 e. The predicted octanol–water partition coefficient (Wildman–Crippen LogP) is 3.16. The van der Waals surface area contributed by atoms with Crippen LogP contribution in [0.25, 0.3) is 5.69 Å². The Balaban J connectivity index is 1.41. The van der Waals surface area contributed by atoms with E-state index in [1.54, 1.807) is 18.3 Å². The van der Waals surface area contributed by atoms with Gasteiger partial charge in [0.15, 0.2) is 0 Å². The molecule has 4 nitrogen and oxygen atoms in total. The number of nitrogens with zero attached hydrogens (tertiary/aromatic N) is 2. The third-order valence-electron chi connectivity index (χ3n) is 4.92. The molecule has 6 heteroatoms. The van der Waals surface area contributed by atoms with Crippen molar-refractivity contribution in [2.24, 2.45) is 0 Å². The van der Waals surface area contributed by atoms with Crippen molar-refractivity contribution in [1.29, 1.82) is 0 Å². The molecule has 1 aromatic heterocycles. The van der Waals surface area contributed by atoms with Crippen LogP contribution in [0, 0.1) is 5.82 Å². The van der Waals surface area contributed by atoms with E-state index in [1.807, 2.05) is 22.5 Å². The molecular formula is C18H22FN3OS. The van der Waals surface area contributed by atoms with Gasteiger partial charge in [-0.25, -0.2) is 9.07 Å². The van der Waals surface area contributed by atoms with Crippen LogP contribution in [0.1, 0.15) is 25.0 Å². The van der Waals surface area contributed by atoms with Gasteiger partial charge in [0.25, 0.3) is 0 Å².